The lowest BCUT2D eigenvalue weighted by atomic mass is 10.0. The number of hydrogen-bond acceptors (Lipinski definition) is 4. The summed E-state index contributed by atoms with van der Waals surface area (Å²) in [6, 6.07) is 15.5. The third-order valence-electron chi connectivity index (χ3n) is 3.76. The number of benzene rings is 3. The van der Waals surface area contributed by atoms with Gasteiger partial charge in [0, 0.05) is 25.9 Å². The summed E-state index contributed by atoms with van der Waals surface area (Å²) in [5, 5.41) is 11.6. The van der Waals surface area contributed by atoms with Crippen LogP contribution in [0.3, 0.4) is 0 Å². The summed E-state index contributed by atoms with van der Waals surface area (Å²) in [7, 11) is 0. The highest BCUT2D eigenvalue weighted by molar-refractivity contribution is 8.00. The molecule has 8 heteroatoms. The predicted molar refractivity (Wildman–Crippen MR) is 110 cm³/mol. The normalized spacial score (nSPS) is 10.7. The van der Waals surface area contributed by atoms with Gasteiger partial charge in [-0.05, 0) is 47.7 Å². The lowest BCUT2D eigenvalue weighted by Gasteiger charge is -2.23. The van der Waals surface area contributed by atoms with Gasteiger partial charge in [-0.2, -0.15) is 0 Å². The van der Waals surface area contributed by atoms with E-state index in [9.17, 15) is 14.7 Å². The summed E-state index contributed by atoms with van der Waals surface area (Å²) in [6.45, 7) is -0.269. The molecule has 0 atom stereocenters. The van der Waals surface area contributed by atoms with Gasteiger partial charge in [0.2, 0.25) is 5.91 Å². The maximum absolute atomic E-state index is 11.7. The molecule has 3 rings (SSSR count). The molecule has 0 bridgehead atoms. The molecule has 27 heavy (non-hydrogen) atoms. The molecule has 3 aromatic carbocycles. The summed E-state index contributed by atoms with van der Waals surface area (Å²) in [6.07, 6.45) is 0. The second-order valence-corrected chi connectivity index (χ2v) is 7.64. The molecule has 0 fully saturated rings. The predicted octanol–water partition coefficient (Wildman–Crippen LogP) is 4.84. The molecule has 0 unspecified atom stereocenters. The highest BCUT2D eigenvalue weighted by atomic mass is 35.5. The molecule has 0 heterocycles. The molecule has 0 spiro atoms. The number of amides is 1. The van der Waals surface area contributed by atoms with Crippen molar-refractivity contribution < 1.29 is 14.7 Å². The molecule has 5 nitrogen and oxygen atoms in total. The van der Waals surface area contributed by atoms with Crippen LogP contribution < -0.4 is 10.0 Å². The molecule has 0 saturated carbocycles. The van der Waals surface area contributed by atoms with Crippen molar-refractivity contribution in [2.75, 3.05) is 10.8 Å². The molecule has 0 aliphatic rings. The van der Waals surface area contributed by atoms with Gasteiger partial charge in [0.1, 0.15) is 6.54 Å². The summed E-state index contributed by atoms with van der Waals surface area (Å²) >= 11 is 13.3. The Morgan fingerprint density at radius 1 is 1.00 bits per heavy atom. The van der Waals surface area contributed by atoms with Crippen LogP contribution in [0.5, 0.6) is 0 Å². The van der Waals surface area contributed by atoms with Crippen molar-refractivity contribution in [3.63, 3.8) is 0 Å². The lowest BCUT2D eigenvalue weighted by Crippen LogP contribution is -2.23. The maximum atomic E-state index is 11.7. The molecule has 0 radical (unpaired) electrons. The van der Waals surface area contributed by atoms with Crippen molar-refractivity contribution in [1.82, 2.24) is 0 Å². The van der Waals surface area contributed by atoms with Crippen LogP contribution in [0.2, 0.25) is 10.0 Å². The Hall–Kier alpha value is -2.41. The Morgan fingerprint density at radius 2 is 1.63 bits per heavy atom. The number of hydrogen-bond donors (Lipinski definition) is 2. The maximum Gasteiger partial charge on any atom is 0.324 e. The summed E-state index contributed by atoms with van der Waals surface area (Å²) < 4.78 is 1.61. The molecule has 0 saturated heterocycles. The van der Waals surface area contributed by atoms with Crippen LogP contribution in [0.25, 0.3) is 10.8 Å². The Labute approximate surface area is 169 Å². The fourth-order valence-corrected chi connectivity index (χ4v) is 4.43. The number of aliphatic carboxylic acids is 1. The number of halogens is 2. The number of nitrogens with zero attached hydrogens (tertiary/aromatic N) is 1. The van der Waals surface area contributed by atoms with Gasteiger partial charge in [0.15, 0.2) is 0 Å². The third-order valence-corrected chi connectivity index (χ3v) is 5.19. The van der Waals surface area contributed by atoms with Crippen LogP contribution in [0.1, 0.15) is 10.4 Å². The van der Waals surface area contributed by atoms with Crippen molar-refractivity contribution >= 4 is 63.5 Å². The fraction of sp³-hybridized carbons (Fsp3) is 0.0526. The van der Waals surface area contributed by atoms with Crippen molar-refractivity contribution in [1.29, 1.82) is 0 Å². The van der Waals surface area contributed by atoms with Crippen LogP contribution in [0, 0.1) is 0 Å². The molecular formula is C19H14Cl2N2O3S. The monoisotopic (exact) mass is 420 g/mol. The molecular weight excluding hydrogens is 407 g/mol. The first-order chi connectivity index (χ1) is 12.8. The molecule has 0 aliphatic carbocycles. The number of anilines is 1. The molecule has 138 valence electrons. The zero-order chi connectivity index (χ0) is 19.6. The average Bonchev–Trinajstić information content (AvgIpc) is 2.58. The zero-order valence-corrected chi connectivity index (χ0v) is 16.2. The van der Waals surface area contributed by atoms with E-state index in [1.165, 1.54) is 11.9 Å². The first-order valence-electron chi connectivity index (χ1n) is 7.80. The fourth-order valence-electron chi connectivity index (χ4n) is 2.72. The number of fused-ring (bicyclic) bond motifs is 1. The summed E-state index contributed by atoms with van der Waals surface area (Å²) in [5.74, 6) is -1.55. The van der Waals surface area contributed by atoms with Gasteiger partial charge in [-0.15, -0.1) is 0 Å². The van der Waals surface area contributed by atoms with Crippen LogP contribution in [0.4, 0.5) is 5.69 Å². The van der Waals surface area contributed by atoms with E-state index in [0.29, 0.717) is 31.6 Å². The second-order valence-electron chi connectivity index (χ2n) is 5.67. The number of carbonyl (C=O) groups is 2. The Balaban J connectivity index is 2.11. The van der Waals surface area contributed by atoms with Gasteiger partial charge in [-0.1, -0.05) is 47.5 Å². The van der Waals surface area contributed by atoms with Gasteiger partial charge >= 0.3 is 5.97 Å². The smallest absolute Gasteiger partial charge is 0.324 e. The number of carbonyl (C=O) groups excluding carboxylic acids is 1. The van der Waals surface area contributed by atoms with Crippen molar-refractivity contribution in [3.05, 3.63) is 70.2 Å². The SMILES string of the molecule is NC(=O)c1cccc2c(N(CC(=O)O)Sc3cc(Cl)cc(Cl)c3)cccc12. The standard InChI is InChI=1S/C19H14Cl2N2O3S/c20-11-7-12(21)9-13(8-11)27-23(10-18(24)25)17-6-2-3-14-15(17)4-1-5-16(14)19(22)26/h1-9H,10H2,(H2,22,26)(H,24,25). The van der Waals surface area contributed by atoms with Crippen LogP contribution in [0.15, 0.2) is 59.5 Å². The van der Waals surface area contributed by atoms with Crippen LogP contribution in [-0.4, -0.2) is 23.5 Å². The van der Waals surface area contributed by atoms with E-state index in [0.717, 1.165) is 5.39 Å². The Kier molecular flexibility index (Phi) is 5.79. The van der Waals surface area contributed by atoms with E-state index in [4.69, 9.17) is 28.9 Å². The minimum absolute atomic E-state index is 0.269. The van der Waals surface area contributed by atoms with Crippen molar-refractivity contribution in [2.24, 2.45) is 5.73 Å². The first kappa shape index (κ1) is 19.4. The minimum atomic E-state index is -1.00. The van der Waals surface area contributed by atoms with E-state index in [1.54, 1.807) is 52.8 Å². The van der Waals surface area contributed by atoms with E-state index < -0.39 is 11.9 Å². The van der Waals surface area contributed by atoms with Crippen LogP contribution in [-0.2, 0) is 4.79 Å². The number of carboxylic acids is 1. The van der Waals surface area contributed by atoms with E-state index in [1.807, 2.05) is 6.07 Å². The lowest BCUT2D eigenvalue weighted by molar-refractivity contribution is -0.135. The first-order valence-corrected chi connectivity index (χ1v) is 9.33. The van der Waals surface area contributed by atoms with Crippen molar-refractivity contribution in [2.45, 2.75) is 4.90 Å². The summed E-state index contributed by atoms with van der Waals surface area (Å²) in [4.78, 5) is 23.8. The van der Waals surface area contributed by atoms with Gasteiger partial charge in [-0.3, -0.25) is 9.59 Å². The van der Waals surface area contributed by atoms with Gasteiger partial charge in [0.05, 0.1) is 5.69 Å². The minimum Gasteiger partial charge on any atom is -0.480 e. The highest BCUT2D eigenvalue weighted by Crippen LogP contribution is 2.36. The summed E-state index contributed by atoms with van der Waals surface area (Å²) in [5.41, 5.74) is 6.48. The van der Waals surface area contributed by atoms with Gasteiger partial charge in [0.25, 0.3) is 0 Å². The van der Waals surface area contributed by atoms with Crippen molar-refractivity contribution in [3.8, 4) is 0 Å². The second kappa shape index (κ2) is 8.08. The van der Waals surface area contributed by atoms with Gasteiger partial charge in [-0.25, -0.2) is 0 Å². The Morgan fingerprint density at radius 3 is 2.26 bits per heavy atom. The largest absolute Gasteiger partial charge is 0.480 e. The zero-order valence-electron chi connectivity index (χ0n) is 13.9. The van der Waals surface area contributed by atoms with Crippen LogP contribution >= 0.6 is 35.1 Å². The van der Waals surface area contributed by atoms with E-state index >= 15 is 0 Å². The molecule has 0 aliphatic heterocycles. The molecule has 0 aromatic heterocycles. The van der Waals surface area contributed by atoms with Gasteiger partial charge < -0.3 is 15.1 Å². The molecule has 3 N–H and O–H groups in total. The molecule has 3 aromatic rings. The number of primary amides is 1. The van der Waals surface area contributed by atoms with E-state index in [-0.39, 0.29) is 6.54 Å². The highest BCUT2D eigenvalue weighted by Gasteiger charge is 2.17. The van der Waals surface area contributed by atoms with E-state index in [2.05, 4.69) is 0 Å². The Bertz CT molecular complexity index is 1020. The molecule has 1 amide bonds. The number of carboxylic acid groups (broad SMARTS) is 1. The quantitative estimate of drug-likeness (QED) is 0.557. The average molecular weight is 421 g/mol. The number of rotatable bonds is 6. The third kappa shape index (κ3) is 4.47. The topological polar surface area (TPSA) is 83.6 Å². The number of nitrogens with two attached hydrogens (primary N) is 1.